The molecule has 1 fully saturated rings. The zero-order chi connectivity index (χ0) is 15.7. The van der Waals surface area contributed by atoms with E-state index in [9.17, 15) is 5.26 Å². The van der Waals surface area contributed by atoms with E-state index in [1.807, 2.05) is 0 Å². The van der Waals surface area contributed by atoms with Crippen molar-refractivity contribution < 1.29 is 9.47 Å². The predicted octanol–water partition coefficient (Wildman–Crippen LogP) is 3.13. The van der Waals surface area contributed by atoms with Gasteiger partial charge in [-0.2, -0.15) is 5.26 Å². The number of hydrogen-bond acceptors (Lipinski definition) is 4. The maximum atomic E-state index is 9.59. The van der Waals surface area contributed by atoms with E-state index in [1.54, 1.807) is 0 Å². The molecular formula is C17H32N2O2. The van der Waals surface area contributed by atoms with Gasteiger partial charge in [-0.25, -0.2) is 0 Å². The van der Waals surface area contributed by atoms with Crippen LogP contribution in [0.15, 0.2) is 0 Å². The number of nitrogens with one attached hydrogen (secondary N) is 1. The van der Waals surface area contributed by atoms with Crippen LogP contribution in [0.3, 0.4) is 0 Å². The molecule has 21 heavy (non-hydrogen) atoms. The van der Waals surface area contributed by atoms with Gasteiger partial charge in [0.25, 0.3) is 0 Å². The smallest absolute Gasteiger partial charge is 0.109 e. The first kappa shape index (κ1) is 18.4. The van der Waals surface area contributed by atoms with Gasteiger partial charge >= 0.3 is 0 Å². The van der Waals surface area contributed by atoms with Crippen LogP contribution in [0, 0.1) is 23.2 Å². The van der Waals surface area contributed by atoms with Crippen molar-refractivity contribution in [2.45, 2.75) is 65.0 Å². The summed E-state index contributed by atoms with van der Waals surface area (Å²) in [5.74, 6) is 0.975. The van der Waals surface area contributed by atoms with Gasteiger partial charge in [0.15, 0.2) is 0 Å². The molecule has 1 aliphatic carbocycles. The highest BCUT2D eigenvalue weighted by molar-refractivity contribution is 5.14. The summed E-state index contributed by atoms with van der Waals surface area (Å²) in [6.07, 6.45) is 4.18. The monoisotopic (exact) mass is 296 g/mol. The van der Waals surface area contributed by atoms with Crippen LogP contribution in [0.1, 0.15) is 53.4 Å². The molecule has 122 valence electrons. The highest BCUT2D eigenvalue weighted by Crippen LogP contribution is 2.37. The third-order valence-electron chi connectivity index (χ3n) is 4.00. The van der Waals surface area contributed by atoms with Crippen LogP contribution in [-0.4, -0.2) is 38.0 Å². The van der Waals surface area contributed by atoms with Crippen molar-refractivity contribution in [2.24, 2.45) is 11.8 Å². The summed E-state index contributed by atoms with van der Waals surface area (Å²) in [5.41, 5.74) is -0.342. The Bertz CT molecular complexity index is 325. The minimum atomic E-state index is -0.342. The van der Waals surface area contributed by atoms with Gasteiger partial charge in [0.1, 0.15) is 5.54 Å². The van der Waals surface area contributed by atoms with Crippen molar-refractivity contribution in [2.75, 3.05) is 26.4 Å². The Morgan fingerprint density at radius 3 is 2.52 bits per heavy atom. The fourth-order valence-electron chi connectivity index (χ4n) is 3.12. The van der Waals surface area contributed by atoms with Crippen LogP contribution in [0.2, 0.25) is 0 Å². The molecule has 0 spiro atoms. The van der Waals surface area contributed by atoms with E-state index in [1.165, 1.54) is 0 Å². The Balaban J connectivity index is 2.23. The summed E-state index contributed by atoms with van der Waals surface area (Å²) >= 11 is 0. The van der Waals surface area contributed by atoms with E-state index in [4.69, 9.17) is 9.47 Å². The molecule has 0 bridgehead atoms. The van der Waals surface area contributed by atoms with Gasteiger partial charge in [-0.15, -0.1) is 0 Å². The van der Waals surface area contributed by atoms with E-state index in [2.05, 4.69) is 39.1 Å². The van der Waals surface area contributed by atoms with Crippen molar-refractivity contribution in [1.82, 2.24) is 5.32 Å². The molecule has 0 amide bonds. The molecule has 0 aliphatic heterocycles. The summed E-state index contributed by atoms with van der Waals surface area (Å²) in [6.45, 7) is 11.3. The number of nitriles is 1. The third-order valence-corrected chi connectivity index (χ3v) is 4.00. The highest BCUT2D eigenvalue weighted by Gasteiger charge is 2.42. The molecule has 0 aromatic rings. The molecule has 1 saturated carbocycles. The largest absolute Gasteiger partial charge is 0.379 e. The SMILES string of the molecule is CC(C)COCCOCCC1CCCC1(C#N)NC(C)C. The maximum absolute atomic E-state index is 9.59. The standard InChI is InChI=1S/C17H32N2O2/c1-14(2)12-21-11-10-20-9-7-16-6-5-8-17(16,13-18)19-15(3)4/h14-16,19H,5-12H2,1-4H3. The zero-order valence-electron chi connectivity index (χ0n) is 14.2. The molecule has 0 heterocycles. The average molecular weight is 296 g/mol. The first-order valence-corrected chi connectivity index (χ1v) is 8.34. The van der Waals surface area contributed by atoms with Crippen molar-refractivity contribution in [3.8, 4) is 6.07 Å². The minimum Gasteiger partial charge on any atom is -0.379 e. The van der Waals surface area contributed by atoms with Crippen molar-refractivity contribution in [1.29, 1.82) is 5.26 Å². The van der Waals surface area contributed by atoms with Crippen LogP contribution < -0.4 is 5.32 Å². The third kappa shape index (κ3) is 6.34. The first-order chi connectivity index (χ1) is 10.00. The van der Waals surface area contributed by atoms with E-state index >= 15 is 0 Å². The molecule has 1 rings (SSSR count). The van der Waals surface area contributed by atoms with Crippen molar-refractivity contribution in [3.63, 3.8) is 0 Å². The molecular weight excluding hydrogens is 264 g/mol. The van der Waals surface area contributed by atoms with Gasteiger partial charge in [0.05, 0.1) is 19.3 Å². The maximum Gasteiger partial charge on any atom is 0.109 e. The Hall–Kier alpha value is -0.630. The lowest BCUT2D eigenvalue weighted by atomic mass is 9.85. The molecule has 2 atom stereocenters. The number of hydrogen-bond donors (Lipinski definition) is 1. The molecule has 1 N–H and O–H groups in total. The summed E-state index contributed by atoms with van der Waals surface area (Å²) in [7, 11) is 0. The summed E-state index contributed by atoms with van der Waals surface area (Å²) in [5, 5.41) is 13.1. The Labute approximate surface area is 130 Å². The normalized spacial score (nSPS) is 25.7. The van der Waals surface area contributed by atoms with Crippen LogP contribution in [0.25, 0.3) is 0 Å². The Morgan fingerprint density at radius 2 is 1.90 bits per heavy atom. The topological polar surface area (TPSA) is 54.3 Å². The van der Waals surface area contributed by atoms with E-state index in [0.717, 1.165) is 38.9 Å². The summed E-state index contributed by atoms with van der Waals surface area (Å²) in [6, 6.07) is 2.88. The van der Waals surface area contributed by atoms with Gasteiger partial charge in [0, 0.05) is 19.3 Å². The second-order valence-electron chi connectivity index (χ2n) is 6.84. The quantitative estimate of drug-likeness (QED) is 0.629. The van der Waals surface area contributed by atoms with E-state index < -0.39 is 0 Å². The van der Waals surface area contributed by atoms with Crippen LogP contribution >= 0.6 is 0 Å². The lowest BCUT2D eigenvalue weighted by Gasteiger charge is -2.32. The summed E-state index contributed by atoms with van der Waals surface area (Å²) < 4.78 is 11.2. The Kier molecular flexibility index (Phi) is 8.24. The predicted molar refractivity (Wildman–Crippen MR) is 85.0 cm³/mol. The van der Waals surface area contributed by atoms with Gasteiger partial charge in [0.2, 0.25) is 0 Å². The van der Waals surface area contributed by atoms with Gasteiger partial charge in [-0.3, -0.25) is 5.32 Å². The van der Waals surface area contributed by atoms with Crippen molar-refractivity contribution in [3.05, 3.63) is 0 Å². The van der Waals surface area contributed by atoms with Gasteiger partial charge in [-0.05, 0) is 44.9 Å². The summed E-state index contributed by atoms with van der Waals surface area (Å²) in [4.78, 5) is 0. The lowest BCUT2D eigenvalue weighted by molar-refractivity contribution is 0.0315. The Morgan fingerprint density at radius 1 is 1.19 bits per heavy atom. The molecule has 0 aromatic carbocycles. The highest BCUT2D eigenvalue weighted by atomic mass is 16.5. The van der Waals surface area contributed by atoms with E-state index in [0.29, 0.717) is 31.1 Å². The molecule has 4 nitrogen and oxygen atoms in total. The molecule has 0 saturated heterocycles. The van der Waals surface area contributed by atoms with E-state index in [-0.39, 0.29) is 5.54 Å². The zero-order valence-corrected chi connectivity index (χ0v) is 14.2. The first-order valence-electron chi connectivity index (χ1n) is 8.34. The average Bonchev–Trinajstić information content (AvgIpc) is 2.80. The van der Waals surface area contributed by atoms with Crippen molar-refractivity contribution >= 4 is 0 Å². The van der Waals surface area contributed by atoms with Crippen LogP contribution in [0.5, 0.6) is 0 Å². The second kappa shape index (κ2) is 9.40. The fraction of sp³-hybridized carbons (Fsp3) is 0.941. The number of rotatable bonds is 10. The van der Waals surface area contributed by atoms with Gasteiger partial charge in [-0.1, -0.05) is 20.3 Å². The van der Waals surface area contributed by atoms with Gasteiger partial charge < -0.3 is 9.47 Å². The van der Waals surface area contributed by atoms with Crippen LogP contribution in [0.4, 0.5) is 0 Å². The fourth-order valence-corrected chi connectivity index (χ4v) is 3.12. The van der Waals surface area contributed by atoms with Crippen LogP contribution in [-0.2, 0) is 9.47 Å². The molecule has 4 heteroatoms. The minimum absolute atomic E-state index is 0.342. The lowest BCUT2D eigenvalue weighted by Crippen LogP contribution is -2.50. The molecule has 0 radical (unpaired) electrons. The molecule has 2 unspecified atom stereocenters. The number of ether oxygens (including phenoxy) is 2. The number of nitrogens with zero attached hydrogens (tertiary/aromatic N) is 1. The second-order valence-corrected chi connectivity index (χ2v) is 6.84. The molecule has 1 aliphatic rings. The molecule has 0 aromatic heterocycles.